The normalized spacial score (nSPS) is 14.8. The van der Waals surface area contributed by atoms with Gasteiger partial charge in [-0.15, -0.1) is 0 Å². The van der Waals surface area contributed by atoms with Crippen LogP contribution in [0.2, 0.25) is 5.02 Å². The van der Waals surface area contributed by atoms with Gasteiger partial charge in [-0.05, 0) is 55.8 Å². The number of methoxy groups -OCH3 is 1. The van der Waals surface area contributed by atoms with E-state index in [0.29, 0.717) is 55.4 Å². The molecule has 0 bridgehead atoms. The number of thiazole rings is 1. The molecule has 4 aromatic rings. The van der Waals surface area contributed by atoms with Crippen molar-refractivity contribution in [2.24, 2.45) is 4.99 Å². The van der Waals surface area contributed by atoms with E-state index in [1.54, 1.807) is 37.3 Å². The van der Waals surface area contributed by atoms with Crippen LogP contribution >= 0.6 is 38.9 Å². The largest absolute Gasteiger partial charge is 0.496 e. The Morgan fingerprint density at radius 2 is 1.98 bits per heavy atom. The second-order valence-electron chi connectivity index (χ2n) is 9.50. The van der Waals surface area contributed by atoms with Crippen LogP contribution in [-0.2, 0) is 9.53 Å². The zero-order valence-electron chi connectivity index (χ0n) is 23.4. The van der Waals surface area contributed by atoms with Crippen LogP contribution in [0.3, 0.4) is 0 Å². The minimum Gasteiger partial charge on any atom is -0.496 e. The van der Waals surface area contributed by atoms with E-state index in [1.807, 2.05) is 19.1 Å². The zero-order chi connectivity index (χ0) is 30.8. The summed E-state index contributed by atoms with van der Waals surface area (Å²) in [5.41, 5.74) is 1.67. The molecular weight excluding hydrogens is 660 g/mol. The quantitative estimate of drug-likeness (QED) is 0.216. The highest BCUT2D eigenvalue weighted by Crippen LogP contribution is 2.38. The van der Waals surface area contributed by atoms with Crippen LogP contribution in [0, 0.1) is 0 Å². The molecule has 9 nitrogen and oxygen atoms in total. The van der Waals surface area contributed by atoms with Crippen molar-refractivity contribution in [3.63, 3.8) is 0 Å². The third kappa shape index (κ3) is 5.97. The maximum Gasteiger partial charge on any atom is 0.338 e. The van der Waals surface area contributed by atoms with Gasteiger partial charge in [0.05, 0.1) is 40.1 Å². The molecule has 0 spiro atoms. The van der Waals surface area contributed by atoms with Crippen LogP contribution in [0.15, 0.2) is 78.5 Å². The molecule has 1 N–H and O–H groups in total. The van der Waals surface area contributed by atoms with Gasteiger partial charge >= 0.3 is 11.9 Å². The second kappa shape index (κ2) is 12.7. The van der Waals surface area contributed by atoms with E-state index in [2.05, 4.69) is 15.9 Å². The van der Waals surface area contributed by atoms with E-state index in [4.69, 9.17) is 30.5 Å². The smallest absolute Gasteiger partial charge is 0.338 e. The van der Waals surface area contributed by atoms with E-state index in [-0.39, 0.29) is 22.8 Å². The number of carbonyl (C=O) groups excluding carboxylic acids is 1. The first-order chi connectivity index (χ1) is 20.7. The van der Waals surface area contributed by atoms with E-state index in [9.17, 15) is 19.5 Å². The lowest BCUT2D eigenvalue weighted by Gasteiger charge is -2.27. The lowest BCUT2D eigenvalue weighted by molar-refractivity contribution is -0.139. The van der Waals surface area contributed by atoms with Crippen LogP contribution in [0.4, 0.5) is 0 Å². The molecule has 12 heteroatoms. The van der Waals surface area contributed by atoms with E-state index in [0.717, 1.165) is 10.9 Å². The SMILES string of the molecule is CCCC1=C(C(=O)OCC)[C@@H](c2cc(Br)ccc2OC)n2c(s/c(=C/c3ccc(-c4ccc(C(=O)O)c(Cl)c4)o3)c2=O)=N1. The van der Waals surface area contributed by atoms with Crippen LogP contribution in [0.5, 0.6) is 5.75 Å². The first kappa shape index (κ1) is 30.5. The first-order valence-corrected chi connectivity index (χ1v) is 15.3. The molecule has 0 amide bonds. The number of hydrogen-bond acceptors (Lipinski definition) is 8. The number of benzene rings is 2. The summed E-state index contributed by atoms with van der Waals surface area (Å²) >= 11 is 10.8. The summed E-state index contributed by atoms with van der Waals surface area (Å²) in [6, 6.07) is 12.5. The first-order valence-electron chi connectivity index (χ1n) is 13.3. The fourth-order valence-corrected chi connectivity index (χ4v) is 6.53. The van der Waals surface area contributed by atoms with E-state index < -0.39 is 18.0 Å². The van der Waals surface area contributed by atoms with Gasteiger partial charge in [-0.25, -0.2) is 14.6 Å². The number of ether oxygens (including phenoxy) is 2. The average molecular weight is 686 g/mol. The van der Waals surface area contributed by atoms with Crippen molar-refractivity contribution in [3.05, 3.63) is 106 Å². The summed E-state index contributed by atoms with van der Waals surface area (Å²) in [6.07, 6.45) is 2.85. The third-order valence-electron chi connectivity index (χ3n) is 6.76. The fraction of sp³-hybridized carbons (Fsp3) is 0.226. The molecule has 0 saturated carbocycles. The Bertz CT molecular complexity index is 1960. The zero-order valence-corrected chi connectivity index (χ0v) is 26.5. The third-order valence-corrected chi connectivity index (χ3v) is 8.55. The molecule has 2 aromatic heterocycles. The number of hydrogen-bond donors (Lipinski definition) is 1. The lowest BCUT2D eigenvalue weighted by atomic mass is 9.93. The maximum atomic E-state index is 14.0. The molecule has 2 aromatic carbocycles. The Kier molecular flexibility index (Phi) is 9.05. The van der Waals surface area contributed by atoms with Gasteiger partial charge in [-0.1, -0.05) is 58.3 Å². The van der Waals surface area contributed by atoms with Gasteiger partial charge in [0.1, 0.15) is 23.3 Å². The highest BCUT2D eigenvalue weighted by Gasteiger charge is 2.36. The van der Waals surface area contributed by atoms with E-state index >= 15 is 0 Å². The predicted molar refractivity (Wildman–Crippen MR) is 166 cm³/mol. The highest BCUT2D eigenvalue weighted by molar-refractivity contribution is 9.10. The standard InChI is InChI=1S/C31H26BrClN2O7S/c1-4-6-22-26(30(39)41-5-2)27(20-14-17(32)8-11-24(20)40-3)35-28(36)25(43-31(35)34-22)15-18-9-12-23(42-18)16-7-10-19(29(37)38)21(33)13-16/h7-15,27H,4-6H2,1-3H3,(H,37,38)/b25-15+/t27-/m1/s1. The number of allylic oxidation sites excluding steroid dienone is 1. The summed E-state index contributed by atoms with van der Waals surface area (Å²) in [5.74, 6) is -0.318. The maximum absolute atomic E-state index is 14.0. The van der Waals surface area contributed by atoms with Crippen LogP contribution in [0.1, 0.15) is 54.4 Å². The van der Waals surface area contributed by atoms with Gasteiger partial charge in [0.2, 0.25) is 0 Å². The minimum atomic E-state index is -1.13. The summed E-state index contributed by atoms with van der Waals surface area (Å²) in [5, 5.41) is 9.34. The monoisotopic (exact) mass is 684 g/mol. The average Bonchev–Trinajstić information content (AvgIpc) is 3.56. The number of rotatable bonds is 9. The molecule has 43 heavy (non-hydrogen) atoms. The van der Waals surface area contributed by atoms with Gasteiger partial charge in [0.15, 0.2) is 4.80 Å². The molecule has 1 atom stereocenters. The molecule has 0 radical (unpaired) electrons. The molecule has 0 fully saturated rings. The summed E-state index contributed by atoms with van der Waals surface area (Å²) in [7, 11) is 1.54. The van der Waals surface area contributed by atoms with Crippen molar-refractivity contribution in [2.45, 2.75) is 32.7 Å². The molecule has 0 aliphatic carbocycles. The molecule has 0 saturated heterocycles. The van der Waals surface area contributed by atoms with Crippen molar-refractivity contribution in [2.75, 3.05) is 13.7 Å². The van der Waals surface area contributed by atoms with Gasteiger partial charge in [-0.2, -0.15) is 0 Å². The predicted octanol–water partition coefficient (Wildman–Crippen LogP) is 5.96. The van der Waals surface area contributed by atoms with Gasteiger partial charge in [0, 0.05) is 21.7 Å². The van der Waals surface area contributed by atoms with Crippen LogP contribution in [-0.4, -0.2) is 35.3 Å². The number of halogens is 2. The Hall–Kier alpha value is -3.93. The van der Waals surface area contributed by atoms with Crippen molar-refractivity contribution in [3.8, 4) is 17.1 Å². The van der Waals surface area contributed by atoms with Gasteiger partial charge in [-0.3, -0.25) is 9.36 Å². The molecule has 1 aliphatic rings. The molecule has 3 heterocycles. The Morgan fingerprint density at radius 1 is 1.19 bits per heavy atom. The Balaban J connectivity index is 1.68. The van der Waals surface area contributed by atoms with E-state index in [1.165, 1.54) is 35.1 Å². The topological polar surface area (TPSA) is 120 Å². The highest BCUT2D eigenvalue weighted by atomic mass is 79.9. The van der Waals surface area contributed by atoms with Crippen molar-refractivity contribution < 1.29 is 28.6 Å². The molecule has 5 rings (SSSR count). The lowest BCUT2D eigenvalue weighted by Crippen LogP contribution is -2.40. The van der Waals surface area contributed by atoms with Crippen LogP contribution in [0.25, 0.3) is 17.4 Å². The number of carbonyl (C=O) groups is 2. The number of carboxylic acid groups (broad SMARTS) is 1. The summed E-state index contributed by atoms with van der Waals surface area (Å²) in [4.78, 5) is 44.0. The van der Waals surface area contributed by atoms with Crippen LogP contribution < -0.4 is 19.6 Å². The number of esters is 1. The van der Waals surface area contributed by atoms with Crippen molar-refractivity contribution >= 4 is 56.9 Å². The number of furan rings is 1. The number of carboxylic acids is 1. The Labute approximate surface area is 263 Å². The van der Waals surface area contributed by atoms with Gasteiger partial charge < -0.3 is 19.0 Å². The molecule has 1 aliphatic heterocycles. The second-order valence-corrected chi connectivity index (χ2v) is 11.8. The number of nitrogens with zero attached hydrogens (tertiary/aromatic N) is 2. The fourth-order valence-electron chi connectivity index (χ4n) is 4.89. The number of aromatic nitrogens is 1. The molecule has 222 valence electrons. The molecular formula is C31H26BrClN2O7S. The summed E-state index contributed by atoms with van der Waals surface area (Å²) < 4.78 is 19.7. The number of fused-ring (bicyclic) bond motifs is 1. The van der Waals surface area contributed by atoms with Gasteiger partial charge in [0.25, 0.3) is 5.56 Å². The minimum absolute atomic E-state index is 0.0143. The van der Waals surface area contributed by atoms with Crippen molar-refractivity contribution in [1.82, 2.24) is 4.57 Å². The summed E-state index contributed by atoms with van der Waals surface area (Å²) in [6.45, 7) is 3.89. The Morgan fingerprint density at radius 3 is 2.65 bits per heavy atom. The number of aromatic carboxylic acids is 1. The molecule has 0 unspecified atom stereocenters. The van der Waals surface area contributed by atoms with Crippen molar-refractivity contribution in [1.29, 1.82) is 0 Å².